The molecule has 0 unspecified atom stereocenters. The summed E-state index contributed by atoms with van der Waals surface area (Å²) in [6.45, 7) is 1.94. The van der Waals surface area contributed by atoms with Crippen molar-refractivity contribution in [3.63, 3.8) is 0 Å². The summed E-state index contributed by atoms with van der Waals surface area (Å²) < 4.78 is 0. The van der Waals surface area contributed by atoms with Gasteiger partial charge in [0.15, 0.2) is 5.13 Å². The highest BCUT2D eigenvalue weighted by Crippen LogP contribution is 2.25. The minimum absolute atomic E-state index is 0.593. The summed E-state index contributed by atoms with van der Waals surface area (Å²) in [5, 5.41) is 2.55. The Balaban J connectivity index is 2.17. The van der Waals surface area contributed by atoms with Gasteiger partial charge < -0.3 is 10.7 Å². The number of aryl methyl sites for hydroxylation is 1. The Morgan fingerprint density at radius 3 is 2.94 bits per heavy atom. The maximum atomic E-state index is 5.62. The van der Waals surface area contributed by atoms with Crippen LogP contribution in [0.15, 0.2) is 23.6 Å². The molecule has 4 nitrogen and oxygen atoms in total. The number of nitrogen functional groups attached to an aromatic ring is 1. The van der Waals surface area contributed by atoms with Crippen LogP contribution in [0.25, 0.3) is 22.3 Å². The molecular weight excluding hydrogens is 220 g/mol. The smallest absolute Gasteiger partial charge is 0.180 e. The molecule has 0 aliphatic rings. The lowest BCUT2D eigenvalue weighted by Crippen LogP contribution is -1.83. The van der Waals surface area contributed by atoms with Crippen molar-refractivity contribution in [2.24, 2.45) is 0 Å². The minimum Gasteiger partial charge on any atom is -0.375 e. The molecular formula is C11H10N4S. The number of aromatic amines is 1. The number of anilines is 1. The van der Waals surface area contributed by atoms with E-state index in [-0.39, 0.29) is 0 Å². The first kappa shape index (κ1) is 9.35. The van der Waals surface area contributed by atoms with E-state index in [1.807, 2.05) is 30.5 Å². The van der Waals surface area contributed by atoms with E-state index in [0.717, 1.165) is 28.1 Å². The lowest BCUT2D eigenvalue weighted by molar-refractivity contribution is 1.17. The van der Waals surface area contributed by atoms with Crippen LogP contribution in [0.5, 0.6) is 0 Å². The third kappa shape index (κ3) is 1.45. The lowest BCUT2D eigenvalue weighted by Gasteiger charge is -1.95. The quantitative estimate of drug-likeness (QED) is 0.675. The van der Waals surface area contributed by atoms with Crippen molar-refractivity contribution in [1.29, 1.82) is 0 Å². The van der Waals surface area contributed by atoms with E-state index in [0.29, 0.717) is 5.13 Å². The number of fused-ring (bicyclic) bond motifs is 1. The van der Waals surface area contributed by atoms with E-state index < -0.39 is 0 Å². The Kier molecular flexibility index (Phi) is 1.94. The number of nitrogens with zero attached hydrogens (tertiary/aromatic N) is 2. The topological polar surface area (TPSA) is 67.6 Å². The van der Waals surface area contributed by atoms with Crippen LogP contribution in [0.1, 0.15) is 5.82 Å². The van der Waals surface area contributed by atoms with Gasteiger partial charge in [0, 0.05) is 10.9 Å². The summed E-state index contributed by atoms with van der Waals surface area (Å²) in [6.07, 6.45) is 0. The maximum Gasteiger partial charge on any atom is 0.180 e. The van der Waals surface area contributed by atoms with E-state index in [4.69, 9.17) is 5.73 Å². The molecule has 2 heterocycles. The number of rotatable bonds is 1. The Morgan fingerprint density at radius 1 is 1.31 bits per heavy atom. The van der Waals surface area contributed by atoms with Gasteiger partial charge in [0.25, 0.3) is 0 Å². The molecule has 5 heteroatoms. The number of benzene rings is 1. The van der Waals surface area contributed by atoms with Crippen molar-refractivity contribution in [3.05, 3.63) is 29.4 Å². The highest BCUT2D eigenvalue weighted by atomic mass is 32.1. The normalized spacial score (nSPS) is 11.1. The lowest BCUT2D eigenvalue weighted by atomic mass is 10.1. The van der Waals surface area contributed by atoms with Gasteiger partial charge in [-0.15, -0.1) is 11.3 Å². The summed E-state index contributed by atoms with van der Waals surface area (Å²) in [7, 11) is 0. The monoisotopic (exact) mass is 230 g/mol. The second-order valence-corrected chi connectivity index (χ2v) is 4.51. The van der Waals surface area contributed by atoms with Gasteiger partial charge in [0.2, 0.25) is 0 Å². The summed E-state index contributed by atoms with van der Waals surface area (Å²) in [5.74, 6) is 0.921. The highest BCUT2D eigenvalue weighted by Gasteiger charge is 2.05. The first-order chi connectivity index (χ1) is 7.72. The molecule has 0 saturated heterocycles. The molecule has 0 saturated carbocycles. The first-order valence-corrected chi connectivity index (χ1v) is 5.78. The standard InChI is InChI=1S/C11H10N4S/c1-6-13-8-3-2-7(4-9(8)14-6)10-5-16-11(12)15-10/h2-5H,1H3,(H2,12,15)(H,13,14). The van der Waals surface area contributed by atoms with E-state index in [2.05, 4.69) is 15.0 Å². The number of hydrogen-bond acceptors (Lipinski definition) is 4. The third-order valence-electron chi connectivity index (χ3n) is 2.42. The van der Waals surface area contributed by atoms with E-state index >= 15 is 0 Å². The van der Waals surface area contributed by atoms with Gasteiger partial charge in [-0.1, -0.05) is 6.07 Å². The van der Waals surface area contributed by atoms with Crippen LogP contribution >= 0.6 is 11.3 Å². The number of H-pyrrole nitrogens is 1. The molecule has 0 spiro atoms. The largest absolute Gasteiger partial charge is 0.375 e. The molecule has 0 amide bonds. The van der Waals surface area contributed by atoms with Crippen LogP contribution in [0.4, 0.5) is 5.13 Å². The molecule has 80 valence electrons. The minimum atomic E-state index is 0.593. The zero-order chi connectivity index (χ0) is 11.1. The second-order valence-electron chi connectivity index (χ2n) is 3.63. The molecule has 3 N–H and O–H groups in total. The summed E-state index contributed by atoms with van der Waals surface area (Å²) in [4.78, 5) is 11.8. The molecule has 1 aromatic carbocycles. The predicted octanol–water partition coefficient (Wildman–Crippen LogP) is 2.58. The summed E-state index contributed by atoms with van der Waals surface area (Å²) in [5.41, 5.74) is 9.60. The number of nitrogens with two attached hydrogens (primary N) is 1. The SMILES string of the molecule is Cc1nc2ccc(-c3csc(N)n3)cc2[nH]1. The molecule has 0 radical (unpaired) electrons. The van der Waals surface area contributed by atoms with Crippen molar-refractivity contribution in [2.75, 3.05) is 5.73 Å². The van der Waals surface area contributed by atoms with Crippen LogP contribution in [-0.2, 0) is 0 Å². The van der Waals surface area contributed by atoms with Crippen molar-refractivity contribution in [3.8, 4) is 11.3 Å². The molecule has 16 heavy (non-hydrogen) atoms. The Morgan fingerprint density at radius 2 is 2.19 bits per heavy atom. The average Bonchev–Trinajstić information content (AvgIpc) is 2.81. The number of hydrogen-bond donors (Lipinski definition) is 2. The van der Waals surface area contributed by atoms with Crippen molar-refractivity contribution < 1.29 is 0 Å². The number of thiazole rings is 1. The fraction of sp³-hybridized carbons (Fsp3) is 0.0909. The summed E-state index contributed by atoms with van der Waals surface area (Å²) in [6, 6.07) is 6.05. The van der Waals surface area contributed by atoms with Gasteiger partial charge in [-0.25, -0.2) is 9.97 Å². The second kappa shape index (κ2) is 3.31. The highest BCUT2D eigenvalue weighted by molar-refractivity contribution is 7.13. The molecule has 0 aliphatic carbocycles. The van der Waals surface area contributed by atoms with Crippen molar-refractivity contribution >= 4 is 27.5 Å². The molecule has 3 aromatic rings. The fourth-order valence-electron chi connectivity index (χ4n) is 1.72. The predicted molar refractivity (Wildman–Crippen MR) is 66.4 cm³/mol. The molecule has 0 aliphatic heterocycles. The van der Waals surface area contributed by atoms with Crippen LogP contribution in [0.2, 0.25) is 0 Å². The van der Waals surface area contributed by atoms with Crippen LogP contribution in [-0.4, -0.2) is 15.0 Å². The molecule has 0 atom stereocenters. The Hall–Kier alpha value is -1.88. The zero-order valence-electron chi connectivity index (χ0n) is 8.69. The molecule has 2 aromatic heterocycles. The Bertz CT molecular complexity index is 653. The van der Waals surface area contributed by atoms with Crippen LogP contribution in [0, 0.1) is 6.92 Å². The third-order valence-corrected chi connectivity index (χ3v) is 3.09. The summed E-state index contributed by atoms with van der Waals surface area (Å²) >= 11 is 1.45. The fourth-order valence-corrected chi connectivity index (χ4v) is 2.29. The van der Waals surface area contributed by atoms with Gasteiger partial charge >= 0.3 is 0 Å². The van der Waals surface area contributed by atoms with Crippen LogP contribution in [0.3, 0.4) is 0 Å². The van der Waals surface area contributed by atoms with Crippen molar-refractivity contribution in [1.82, 2.24) is 15.0 Å². The van der Waals surface area contributed by atoms with Gasteiger partial charge in [0.1, 0.15) is 5.82 Å². The zero-order valence-corrected chi connectivity index (χ0v) is 9.51. The molecule has 0 fully saturated rings. The Labute approximate surface area is 96.2 Å². The van der Waals surface area contributed by atoms with Crippen molar-refractivity contribution in [2.45, 2.75) is 6.92 Å². The van der Waals surface area contributed by atoms with Crippen LogP contribution < -0.4 is 5.73 Å². The van der Waals surface area contributed by atoms with E-state index in [1.54, 1.807) is 0 Å². The molecule has 3 rings (SSSR count). The molecule has 0 bridgehead atoms. The maximum absolute atomic E-state index is 5.62. The van der Waals surface area contributed by atoms with Gasteiger partial charge in [-0.3, -0.25) is 0 Å². The van der Waals surface area contributed by atoms with Gasteiger partial charge in [-0.05, 0) is 19.1 Å². The number of aromatic nitrogens is 3. The number of imidazole rings is 1. The first-order valence-electron chi connectivity index (χ1n) is 4.90. The van der Waals surface area contributed by atoms with Gasteiger partial charge in [0.05, 0.1) is 16.7 Å². The number of nitrogens with one attached hydrogen (secondary N) is 1. The van der Waals surface area contributed by atoms with Gasteiger partial charge in [-0.2, -0.15) is 0 Å². The van der Waals surface area contributed by atoms with E-state index in [1.165, 1.54) is 11.3 Å². The van der Waals surface area contributed by atoms with E-state index in [9.17, 15) is 0 Å². The average molecular weight is 230 g/mol.